The van der Waals surface area contributed by atoms with Crippen LogP contribution >= 0.6 is 15.9 Å². The van der Waals surface area contributed by atoms with Crippen LogP contribution in [-0.4, -0.2) is 29.9 Å². The average Bonchev–Trinajstić information content (AvgIpc) is 2.34. The molecule has 0 saturated heterocycles. The fraction of sp³-hybridized carbons (Fsp3) is 0.462. The van der Waals surface area contributed by atoms with Crippen LogP contribution in [0.3, 0.4) is 0 Å². The van der Waals surface area contributed by atoms with E-state index in [4.69, 9.17) is 0 Å². The monoisotopic (exact) mass is 316 g/mol. The van der Waals surface area contributed by atoms with Crippen molar-refractivity contribution in [3.05, 3.63) is 28.5 Å². The lowest BCUT2D eigenvalue weighted by molar-refractivity contribution is -0.131. The van der Waals surface area contributed by atoms with Gasteiger partial charge in [0.15, 0.2) is 0 Å². The summed E-state index contributed by atoms with van der Waals surface area (Å²) in [6.45, 7) is 6.90. The highest BCUT2D eigenvalue weighted by Crippen LogP contribution is 2.20. The van der Waals surface area contributed by atoms with Crippen molar-refractivity contribution in [2.75, 3.05) is 18.4 Å². The Bertz CT molecular complexity index is 421. The summed E-state index contributed by atoms with van der Waals surface area (Å²) in [5.41, 5.74) is 0.339. The number of nitrogens with one attached hydrogen (secondary N) is 1. The number of hydrogen-bond acceptors (Lipinski definition) is 2. The average molecular weight is 317 g/mol. The second-order valence-corrected chi connectivity index (χ2v) is 4.92. The van der Waals surface area contributed by atoms with E-state index < -0.39 is 6.04 Å². The quantitative estimate of drug-likeness (QED) is 0.904. The molecule has 0 aliphatic carbocycles. The summed E-state index contributed by atoms with van der Waals surface area (Å²) in [5.74, 6) is -0.397. The first-order valence-electron chi connectivity index (χ1n) is 6.00. The van der Waals surface area contributed by atoms with Crippen LogP contribution < -0.4 is 5.32 Å². The Morgan fingerprint density at radius 1 is 1.44 bits per heavy atom. The molecule has 0 aliphatic heterocycles. The number of benzene rings is 1. The standard InChI is InChI=1S/C13H18BrFN2O/c1-4-17(5-2)13(18)9(3)16-12-7-6-10(14)8-11(12)15/h6-9,16H,4-5H2,1-3H3. The number of hydrogen-bond donors (Lipinski definition) is 1. The first-order chi connectivity index (χ1) is 8.49. The zero-order chi connectivity index (χ0) is 13.7. The van der Waals surface area contributed by atoms with E-state index in [-0.39, 0.29) is 11.7 Å². The van der Waals surface area contributed by atoms with E-state index in [0.29, 0.717) is 23.2 Å². The fourth-order valence-electron chi connectivity index (χ4n) is 1.71. The highest BCUT2D eigenvalue weighted by atomic mass is 79.9. The zero-order valence-corrected chi connectivity index (χ0v) is 12.4. The van der Waals surface area contributed by atoms with Crippen molar-refractivity contribution >= 4 is 27.5 Å². The number of carbonyl (C=O) groups is 1. The van der Waals surface area contributed by atoms with E-state index in [1.165, 1.54) is 6.07 Å². The third-order valence-corrected chi connectivity index (χ3v) is 3.24. The predicted molar refractivity (Wildman–Crippen MR) is 75.1 cm³/mol. The van der Waals surface area contributed by atoms with Crippen molar-refractivity contribution in [2.45, 2.75) is 26.8 Å². The zero-order valence-electron chi connectivity index (χ0n) is 10.8. The minimum Gasteiger partial charge on any atom is -0.372 e. The molecule has 0 spiro atoms. The molecule has 100 valence electrons. The SMILES string of the molecule is CCN(CC)C(=O)C(C)Nc1ccc(Br)cc1F. The van der Waals surface area contributed by atoms with E-state index in [0.717, 1.165) is 0 Å². The van der Waals surface area contributed by atoms with Crippen LogP contribution in [0.5, 0.6) is 0 Å². The van der Waals surface area contributed by atoms with E-state index in [2.05, 4.69) is 21.2 Å². The number of likely N-dealkylation sites (N-methyl/N-ethyl adjacent to an activating group) is 1. The molecule has 0 aliphatic rings. The third kappa shape index (κ3) is 3.70. The topological polar surface area (TPSA) is 32.3 Å². The molecule has 0 saturated carbocycles. The van der Waals surface area contributed by atoms with Gasteiger partial charge >= 0.3 is 0 Å². The molecule has 18 heavy (non-hydrogen) atoms. The van der Waals surface area contributed by atoms with Gasteiger partial charge in [0.05, 0.1) is 5.69 Å². The largest absolute Gasteiger partial charge is 0.372 e. The lowest BCUT2D eigenvalue weighted by atomic mass is 10.2. The first-order valence-corrected chi connectivity index (χ1v) is 6.79. The molecule has 0 fully saturated rings. The molecule has 1 rings (SSSR count). The normalized spacial score (nSPS) is 12.1. The Labute approximate surface area is 115 Å². The summed E-state index contributed by atoms with van der Waals surface area (Å²) in [6.07, 6.45) is 0. The van der Waals surface area contributed by atoms with Gasteiger partial charge < -0.3 is 10.2 Å². The second-order valence-electron chi connectivity index (χ2n) is 4.00. The van der Waals surface area contributed by atoms with Crippen LogP contribution in [0.25, 0.3) is 0 Å². The summed E-state index contributed by atoms with van der Waals surface area (Å²) >= 11 is 3.19. The van der Waals surface area contributed by atoms with Crippen LogP contribution in [0.1, 0.15) is 20.8 Å². The van der Waals surface area contributed by atoms with Crippen molar-refractivity contribution in [1.82, 2.24) is 4.90 Å². The number of halogens is 2. The van der Waals surface area contributed by atoms with Gasteiger partial charge in [-0.05, 0) is 39.0 Å². The van der Waals surface area contributed by atoms with Gasteiger partial charge in [0.2, 0.25) is 5.91 Å². The highest BCUT2D eigenvalue weighted by Gasteiger charge is 2.18. The Morgan fingerprint density at radius 2 is 2.06 bits per heavy atom. The molecule has 0 bridgehead atoms. The lowest BCUT2D eigenvalue weighted by Crippen LogP contribution is -2.41. The van der Waals surface area contributed by atoms with Crippen molar-refractivity contribution in [3.63, 3.8) is 0 Å². The molecule has 1 aromatic carbocycles. The number of anilines is 1. The predicted octanol–water partition coefficient (Wildman–Crippen LogP) is 3.26. The van der Waals surface area contributed by atoms with Crippen LogP contribution in [0.4, 0.5) is 10.1 Å². The molecule has 3 nitrogen and oxygen atoms in total. The van der Waals surface area contributed by atoms with E-state index in [1.54, 1.807) is 24.0 Å². The van der Waals surface area contributed by atoms with E-state index >= 15 is 0 Å². The molecular weight excluding hydrogens is 299 g/mol. The summed E-state index contributed by atoms with van der Waals surface area (Å²) in [5, 5.41) is 2.90. The summed E-state index contributed by atoms with van der Waals surface area (Å²) in [7, 11) is 0. The maximum absolute atomic E-state index is 13.6. The van der Waals surface area contributed by atoms with Crippen LogP contribution in [-0.2, 0) is 4.79 Å². The van der Waals surface area contributed by atoms with E-state index in [9.17, 15) is 9.18 Å². The molecule has 0 heterocycles. The van der Waals surface area contributed by atoms with Gasteiger partial charge in [-0.2, -0.15) is 0 Å². The maximum Gasteiger partial charge on any atom is 0.244 e. The number of rotatable bonds is 5. The van der Waals surface area contributed by atoms with Crippen LogP contribution in [0.15, 0.2) is 22.7 Å². The smallest absolute Gasteiger partial charge is 0.244 e. The highest BCUT2D eigenvalue weighted by molar-refractivity contribution is 9.10. The van der Waals surface area contributed by atoms with E-state index in [1.807, 2.05) is 13.8 Å². The minimum atomic E-state index is -0.444. The fourth-order valence-corrected chi connectivity index (χ4v) is 2.04. The third-order valence-electron chi connectivity index (χ3n) is 2.75. The van der Waals surface area contributed by atoms with Gasteiger partial charge in [-0.3, -0.25) is 4.79 Å². The van der Waals surface area contributed by atoms with Gasteiger partial charge in [-0.25, -0.2) is 4.39 Å². The van der Waals surface area contributed by atoms with Gasteiger partial charge in [0.25, 0.3) is 0 Å². The molecule has 0 aromatic heterocycles. The van der Waals surface area contributed by atoms with Crippen LogP contribution in [0, 0.1) is 5.82 Å². The number of carbonyl (C=O) groups excluding carboxylic acids is 1. The van der Waals surface area contributed by atoms with Crippen LogP contribution in [0.2, 0.25) is 0 Å². The Morgan fingerprint density at radius 3 is 2.56 bits per heavy atom. The summed E-state index contributed by atoms with van der Waals surface area (Å²) in [6, 6.07) is 4.28. The molecule has 5 heteroatoms. The van der Waals surface area contributed by atoms with Crippen molar-refractivity contribution in [1.29, 1.82) is 0 Å². The number of nitrogens with zero attached hydrogens (tertiary/aromatic N) is 1. The molecular formula is C13H18BrFN2O. The maximum atomic E-state index is 13.6. The summed E-state index contributed by atoms with van der Waals surface area (Å²) < 4.78 is 14.3. The molecule has 1 unspecified atom stereocenters. The van der Waals surface area contributed by atoms with Gasteiger partial charge in [-0.1, -0.05) is 15.9 Å². The molecule has 0 radical (unpaired) electrons. The number of amides is 1. The lowest BCUT2D eigenvalue weighted by Gasteiger charge is -2.24. The second kappa shape index (κ2) is 6.73. The molecule has 1 aromatic rings. The Kier molecular flexibility index (Phi) is 5.59. The van der Waals surface area contributed by atoms with Gasteiger partial charge in [0, 0.05) is 17.6 Å². The summed E-state index contributed by atoms with van der Waals surface area (Å²) in [4.78, 5) is 13.7. The van der Waals surface area contributed by atoms with Crippen molar-refractivity contribution in [2.24, 2.45) is 0 Å². The Hall–Kier alpha value is -1.10. The first kappa shape index (κ1) is 15.0. The van der Waals surface area contributed by atoms with Gasteiger partial charge in [-0.15, -0.1) is 0 Å². The molecule has 1 N–H and O–H groups in total. The Balaban J connectivity index is 2.75. The van der Waals surface area contributed by atoms with Crippen molar-refractivity contribution in [3.8, 4) is 0 Å². The molecule has 1 amide bonds. The molecule has 1 atom stereocenters. The van der Waals surface area contributed by atoms with Crippen molar-refractivity contribution < 1.29 is 9.18 Å². The van der Waals surface area contributed by atoms with Gasteiger partial charge in [0.1, 0.15) is 11.9 Å². The minimum absolute atomic E-state index is 0.0256.